The number of anilines is 1. The van der Waals surface area contributed by atoms with Crippen LogP contribution in [-0.4, -0.2) is 26.6 Å². The van der Waals surface area contributed by atoms with Gasteiger partial charge in [0.15, 0.2) is 0 Å². The van der Waals surface area contributed by atoms with E-state index < -0.39 is 16.0 Å². The minimum Gasteiger partial charge on any atom is -0.497 e. The highest BCUT2D eigenvalue weighted by Crippen LogP contribution is 2.33. The second-order valence-corrected chi connectivity index (χ2v) is 8.39. The Bertz CT molecular complexity index is 1030. The van der Waals surface area contributed by atoms with E-state index >= 15 is 0 Å². The second-order valence-electron chi connectivity index (χ2n) is 5.61. The molecule has 0 spiro atoms. The lowest BCUT2D eigenvalue weighted by Crippen LogP contribution is -2.31. The minimum absolute atomic E-state index is 0.0201. The zero-order valence-electron chi connectivity index (χ0n) is 14.4. The topological polar surface area (TPSA) is 83.9 Å². The average Bonchev–Trinajstić information content (AvgIpc) is 3.16. The van der Waals surface area contributed by atoms with Crippen molar-refractivity contribution in [2.45, 2.75) is 11.4 Å². The van der Waals surface area contributed by atoms with Gasteiger partial charge in [0, 0.05) is 0 Å². The third kappa shape index (κ3) is 3.96. The molecule has 8 heteroatoms. The number of carboxylic acid groups (broad SMARTS) is 1. The number of thiophene rings is 1. The first-order valence-corrected chi connectivity index (χ1v) is 10.3. The third-order valence-corrected chi connectivity index (χ3v) is 6.59. The van der Waals surface area contributed by atoms with Gasteiger partial charge in [0.2, 0.25) is 0 Å². The fourth-order valence-electron chi connectivity index (χ4n) is 2.58. The van der Waals surface area contributed by atoms with Crippen LogP contribution in [0.1, 0.15) is 15.2 Å². The van der Waals surface area contributed by atoms with Crippen LogP contribution in [0.2, 0.25) is 0 Å². The molecule has 0 aliphatic carbocycles. The summed E-state index contributed by atoms with van der Waals surface area (Å²) in [5.74, 6) is -0.631. The van der Waals surface area contributed by atoms with Gasteiger partial charge < -0.3 is 9.84 Å². The summed E-state index contributed by atoms with van der Waals surface area (Å²) in [6.45, 7) is 0.0201. The van der Waals surface area contributed by atoms with Crippen LogP contribution in [0.15, 0.2) is 70.9 Å². The zero-order valence-corrected chi connectivity index (χ0v) is 16.0. The molecule has 0 unspecified atom stereocenters. The number of benzene rings is 2. The lowest BCUT2D eigenvalue weighted by Gasteiger charge is -2.24. The predicted molar refractivity (Wildman–Crippen MR) is 104 cm³/mol. The molecule has 1 aromatic heterocycles. The molecule has 0 saturated carbocycles. The van der Waals surface area contributed by atoms with E-state index in [9.17, 15) is 18.3 Å². The summed E-state index contributed by atoms with van der Waals surface area (Å²) in [7, 11) is -2.49. The molecule has 1 N–H and O–H groups in total. The normalized spacial score (nSPS) is 11.1. The number of nitrogens with zero attached hydrogens (tertiary/aromatic N) is 1. The molecule has 3 rings (SSSR count). The van der Waals surface area contributed by atoms with Crippen LogP contribution in [0, 0.1) is 0 Å². The van der Waals surface area contributed by atoms with E-state index in [1.54, 1.807) is 41.8 Å². The van der Waals surface area contributed by atoms with E-state index in [4.69, 9.17) is 4.74 Å². The van der Waals surface area contributed by atoms with E-state index in [0.29, 0.717) is 5.75 Å². The lowest BCUT2D eigenvalue weighted by molar-refractivity contribution is 0.0703. The molecule has 0 fully saturated rings. The molecule has 140 valence electrons. The Kier molecular flexibility index (Phi) is 5.48. The molecular weight excluding hydrogens is 386 g/mol. The predicted octanol–water partition coefficient (Wildman–Crippen LogP) is 3.85. The van der Waals surface area contributed by atoms with E-state index in [-0.39, 0.29) is 22.0 Å². The molecule has 0 amide bonds. The van der Waals surface area contributed by atoms with Crippen LogP contribution in [0.3, 0.4) is 0 Å². The van der Waals surface area contributed by atoms with Crippen molar-refractivity contribution in [2.24, 2.45) is 0 Å². The monoisotopic (exact) mass is 403 g/mol. The molecule has 0 aliphatic rings. The molecule has 2 aromatic carbocycles. The Morgan fingerprint density at radius 3 is 2.33 bits per heavy atom. The van der Waals surface area contributed by atoms with Crippen molar-refractivity contribution in [3.8, 4) is 5.75 Å². The molecule has 0 atom stereocenters. The van der Waals surface area contributed by atoms with Crippen LogP contribution < -0.4 is 9.04 Å². The summed E-state index contributed by atoms with van der Waals surface area (Å²) in [5.41, 5.74) is 0.893. The van der Waals surface area contributed by atoms with Gasteiger partial charge in [0.1, 0.15) is 10.6 Å². The first kappa shape index (κ1) is 18.9. The fraction of sp³-hybridized carbons (Fsp3) is 0.105. The maximum atomic E-state index is 13.3. The standard InChI is InChI=1S/C19H17NO5S2/c1-25-15-7-9-16(10-8-15)27(23,24)20(13-14-5-3-2-4-6-14)17-11-12-26-18(17)19(21)22/h2-12H,13H2,1H3,(H,21,22). The van der Waals surface area contributed by atoms with Gasteiger partial charge in [0.25, 0.3) is 10.0 Å². The van der Waals surface area contributed by atoms with E-state index in [1.165, 1.54) is 25.3 Å². The van der Waals surface area contributed by atoms with Crippen LogP contribution in [0.25, 0.3) is 0 Å². The van der Waals surface area contributed by atoms with Gasteiger partial charge in [-0.25, -0.2) is 13.2 Å². The summed E-state index contributed by atoms with van der Waals surface area (Å²) in [6.07, 6.45) is 0. The Balaban J connectivity index is 2.10. The smallest absolute Gasteiger partial charge is 0.348 e. The van der Waals surface area contributed by atoms with Gasteiger partial charge in [-0.05, 0) is 41.3 Å². The summed E-state index contributed by atoms with van der Waals surface area (Å²) < 4.78 is 32.8. The molecule has 27 heavy (non-hydrogen) atoms. The fourth-order valence-corrected chi connectivity index (χ4v) is 4.84. The van der Waals surface area contributed by atoms with Crippen molar-refractivity contribution in [3.05, 3.63) is 76.5 Å². The number of carboxylic acids is 1. The molecule has 0 aliphatic heterocycles. The highest BCUT2D eigenvalue weighted by Gasteiger charge is 2.29. The van der Waals surface area contributed by atoms with E-state index in [2.05, 4.69) is 0 Å². The van der Waals surface area contributed by atoms with Gasteiger partial charge in [0.05, 0.1) is 24.2 Å². The van der Waals surface area contributed by atoms with Crippen LogP contribution in [0.4, 0.5) is 5.69 Å². The summed E-state index contributed by atoms with van der Waals surface area (Å²) in [6, 6.07) is 16.5. The number of sulfonamides is 1. The third-order valence-electron chi connectivity index (χ3n) is 3.92. The average molecular weight is 403 g/mol. The van der Waals surface area contributed by atoms with Gasteiger partial charge in [-0.15, -0.1) is 11.3 Å². The Morgan fingerprint density at radius 1 is 1.07 bits per heavy atom. The number of ether oxygens (including phenoxy) is 1. The lowest BCUT2D eigenvalue weighted by atomic mass is 10.2. The molecular formula is C19H17NO5S2. The molecule has 0 saturated heterocycles. The molecule has 6 nitrogen and oxygen atoms in total. The molecule has 3 aromatic rings. The first-order chi connectivity index (χ1) is 12.9. The van der Waals surface area contributed by atoms with Crippen LogP contribution >= 0.6 is 11.3 Å². The SMILES string of the molecule is COc1ccc(S(=O)(=O)N(Cc2ccccc2)c2ccsc2C(=O)O)cc1. The minimum atomic E-state index is -3.98. The number of rotatable bonds is 7. The van der Waals surface area contributed by atoms with Crippen molar-refractivity contribution in [1.82, 2.24) is 0 Å². The molecule has 1 heterocycles. The Hall–Kier alpha value is -2.84. The van der Waals surface area contributed by atoms with E-state index in [1.807, 2.05) is 6.07 Å². The summed E-state index contributed by atoms with van der Waals surface area (Å²) >= 11 is 0.988. The van der Waals surface area contributed by atoms with Gasteiger partial charge in [-0.2, -0.15) is 0 Å². The quantitative estimate of drug-likeness (QED) is 0.648. The number of hydrogen-bond donors (Lipinski definition) is 1. The van der Waals surface area contributed by atoms with Crippen LogP contribution in [-0.2, 0) is 16.6 Å². The zero-order chi connectivity index (χ0) is 19.4. The molecule has 0 bridgehead atoms. The van der Waals surface area contributed by atoms with Crippen LogP contribution in [0.5, 0.6) is 5.75 Å². The van der Waals surface area contributed by atoms with Gasteiger partial charge in [-0.3, -0.25) is 4.31 Å². The van der Waals surface area contributed by atoms with Crippen molar-refractivity contribution in [1.29, 1.82) is 0 Å². The van der Waals surface area contributed by atoms with Gasteiger partial charge >= 0.3 is 5.97 Å². The maximum absolute atomic E-state index is 13.3. The number of methoxy groups -OCH3 is 1. The Morgan fingerprint density at radius 2 is 1.74 bits per heavy atom. The number of carbonyl (C=O) groups is 1. The van der Waals surface area contributed by atoms with Crippen molar-refractivity contribution in [3.63, 3.8) is 0 Å². The number of hydrogen-bond acceptors (Lipinski definition) is 5. The highest BCUT2D eigenvalue weighted by molar-refractivity contribution is 7.92. The highest BCUT2D eigenvalue weighted by atomic mass is 32.2. The van der Waals surface area contributed by atoms with Crippen molar-refractivity contribution in [2.75, 3.05) is 11.4 Å². The number of aromatic carboxylic acids is 1. The van der Waals surface area contributed by atoms with E-state index in [0.717, 1.165) is 21.2 Å². The summed E-state index contributed by atoms with van der Waals surface area (Å²) in [5, 5.41) is 11.0. The maximum Gasteiger partial charge on any atom is 0.348 e. The van der Waals surface area contributed by atoms with Crippen molar-refractivity contribution < 1.29 is 23.1 Å². The Labute approximate surface area is 161 Å². The molecule has 0 radical (unpaired) electrons. The van der Waals surface area contributed by atoms with Crippen molar-refractivity contribution >= 4 is 33.0 Å². The summed E-state index contributed by atoms with van der Waals surface area (Å²) in [4.78, 5) is 11.6. The second kappa shape index (κ2) is 7.81. The largest absolute Gasteiger partial charge is 0.497 e. The first-order valence-electron chi connectivity index (χ1n) is 7.95. The van der Waals surface area contributed by atoms with Gasteiger partial charge in [-0.1, -0.05) is 30.3 Å².